The van der Waals surface area contributed by atoms with E-state index in [-0.39, 0.29) is 0 Å². The van der Waals surface area contributed by atoms with Crippen molar-refractivity contribution in [2.24, 2.45) is 0 Å². The number of aryl methyl sites for hydroxylation is 2. The molecule has 2 aromatic rings. The molecule has 1 aromatic heterocycles. The zero-order chi connectivity index (χ0) is 12.1. The molecule has 0 bridgehead atoms. The molecule has 17 heavy (non-hydrogen) atoms. The van der Waals surface area contributed by atoms with Gasteiger partial charge in [-0.05, 0) is 36.2 Å². The minimum absolute atomic E-state index is 0.362. The SMILES string of the molecule is Cc1cccc(OCCCc2nonc2N)c1. The quantitative estimate of drug-likeness (QED) is 0.799. The van der Waals surface area contributed by atoms with Crippen molar-refractivity contribution in [3.05, 3.63) is 35.5 Å². The molecule has 0 radical (unpaired) electrons. The molecule has 0 atom stereocenters. The lowest BCUT2D eigenvalue weighted by atomic mass is 10.2. The van der Waals surface area contributed by atoms with E-state index < -0.39 is 0 Å². The molecule has 0 amide bonds. The number of rotatable bonds is 5. The van der Waals surface area contributed by atoms with Crippen LogP contribution in [0.15, 0.2) is 28.9 Å². The normalized spacial score (nSPS) is 10.4. The smallest absolute Gasteiger partial charge is 0.191 e. The first kappa shape index (κ1) is 11.4. The third kappa shape index (κ3) is 3.21. The predicted octanol–water partition coefficient (Wildman–Crippen LogP) is 1.97. The van der Waals surface area contributed by atoms with Crippen molar-refractivity contribution < 1.29 is 9.37 Å². The lowest BCUT2D eigenvalue weighted by Crippen LogP contribution is -2.01. The van der Waals surface area contributed by atoms with Crippen LogP contribution in [0.25, 0.3) is 0 Å². The molecule has 0 aliphatic carbocycles. The predicted molar refractivity (Wildman–Crippen MR) is 63.7 cm³/mol. The molecule has 90 valence electrons. The van der Waals surface area contributed by atoms with Gasteiger partial charge in [0.15, 0.2) is 5.82 Å². The average Bonchev–Trinajstić information content (AvgIpc) is 2.71. The van der Waals surface area contributed by atoms with Crippen LogP contribution in [0, 0.1) is 6.92 Å². The van der Waals surface area contributed by atoms with Gasteiger partial charge in [0, 0.05) is 6.42 Å². The first-order valence-electron chi connectivity index (χ1n) is 5.52. The third-order valence-corrected chi connectivity index (χ3v) is 2.40. The molecule has 1 aromatic carbocycles. The van der Waals surface area contributed by atoms with Gasteiger partial charge in [-0.3, -0.25) is 0 Å². The van der Waals surface area contributed by atoms with Gasteiger partial charge < -0.3 is 10.5 Å². The molecule has 0 saturated heterocycles. The summed E-state index contributed by atoms with van der Waals surface area (Å²) in [6.45, 7) is 2.66. The Morgan fingerprint density at radius 2 is 2.24 bits per heavy atom. The minimum Gasteiger partial charge on any atom is -0.494 e. The van der Waals surface area contributed by atoms with E-state index in [1.54, 1.807) is 0 Å². The molecular formula is C12H15N3O2. The minimum atomic E-state index is 0.362. The van der Waals surface area contributed by atoms with Crippen molar-refractivity contribution >= 4 is 5.82 Å². The standard InChI is InChI=1S/C12H15N3O2/c1-9-4-2-5-10(8-9)16-7-3-6-11-12(13)15-17-14-11/h2,4-5,8H,3,6-7H2,1H3,(H2,13,15). The zero-order valence-electron chi connectivity index (χ0n) is 9.72. The molecular weight excluding hydrogens is 218 g/mol. The highest BCUT2D eigenvalue weighted by Gasteiger charge is 2.05. The van der Waals surface area contributed by atoms with Gasteiger partial charge in [0.05, 0.1) is 6.61 Å². The highest BCUT2D eigenvalue weighted by Crippen LogP contribution is 2.13. The summed E-state index contributed by atoms with van der Waals surface area (Å²) in [6.07, 6.45) is 1.54. The lowest BCUT2D eigenvalue weighted by molar-refractivity contribution is 0.296. The van der Waals surface area contributed by atoms with Crippen molar-refractivity contribution in [2.45, 2.75) is 19.8 Å². The topological polar surface area (TPSA) is 74.2 Å². The van der Waals surface area contributed by atoms with Crippen molar-refractivity contribution in [1.29, 1.82) is 0 Å². The zero-order valence-corrected chi connectivity index (χ0v) is 9.72. The number of benzene rings is 1. The number of hydrogen-bond donors (Lipinski definition) is 1. The lowest BCUT2D eigenvalue weighted by Gasteiger charge is -2.05. The van der Waals surface area contributed by atoms with Crippen LogP contribution in [0.2, 0.25) is 0 Å². The van der Waals surface area contributed by atoms with E-state index >= 15 is 0 Å². The summed E-state index contributed by atoms with van der Waals surface area (Å²) in [5.41, 5.74) is 7.43. The summed E-state index contributed by atoms with van der Waals surface area (Å²) in [5, 5.41) is 7.22. The van der Waals surface area contributed by atoms with Gasteiger partial charge in [0.25, 0.3) is 0 Å². The first-order valence-corrected chi connectivity index (χ1v) is 5.52. The Kier molecular flexibility index (Phi) is 3.59. The molecule has 1 heterocycles. The molecule has 2 rings (SSSR count). The Morgan fingerprint density at radius 1 is 1.35 bits per heavy atom. The van der Waals surface area contributed by atoms with E-state index in [1.165, 1.54) is 5.56 Å². The van der Waals surface area contributed by atoms with Gasteiger partial charge in [-0.2, -0.15) is 0 Å². The Morgan fingerprint density at radius 3 is 2.94 bits per heavy atom. The molecule has 0 fully saturated rings. The average molecular weight is 233 g/mol. The fourth-order valence-electron chi connectivity index (χ4n) is 1.52. The van der Waals surface area contributed by atoms with Crippen molar-refractivity contribution in [2.75, 3.05) is 12.3 Å². The van der Waals surface area contributed by atoms with E-state index in [1.807, 2.05) is 31.2 Å². The van der Waals surface area contributed by atoms with Gasteiger partial charge in [-0.1, -0.05) is 17.3 Å². The Bertz CT molecular complexity index is 482. The van der Waals surface area contributed by atoms with E-state index in [4.69, 9.17) is 10.5 Å². The largest absolute Gasteiger partial charge is 0.494 e. The van der Waals surface area contributed by atoms with Gasteiger partial charge in [0.2, 0.25) is 0 Å². The third-order valence-electron chi connectivity index (χ3n) is 2.40. The number of aromatic nitrogens is 2. The second-order valence-electron chi connectivity index (χ2n) is 3.86. The van der Waals surface area contributed by atoms with Crippen LogP contribution in [0.4, 0.5) is 5.82 Å². The second-order valence-corrected chi connectivity index (χ2v) is 3.86. The van der Waals surface area contributed by atoms with Crippen LogP contribution in [0.1, 0.15) is 17.7 Å². The second kappa shape index (κ2) is 5.34. The maximum absolute atomic E-state index is 5.61. The summed E-state index contributed by atoms with van der Waals surface area (Å²) in [6, 6.07) is 7.96. The number of ether oxygens (including phenoxy) is 1. The molecule has 2 N–H and O–H groups in total. The van der Waals surface area contributed by atoms with Crippen molar-refractivity contribution in [3.63, 3.8) is 0 Å². The Hall–Kier alpha value is -2.04. The van der Waals surface area contributed by atoms with Gasteiger partial charge in [-0.25, -0.2) is 4.63 Å². The van der Waals surface area contributed by atoms with Crippen LogP contribution < -0.4 is 10.5 Å². The Labute approximate surface area is 99.5 Å². The number of anilines is 1. The highest BCUT2D eigenvalue weighted by molar-refractivity contribution is 5.31. The molecule has 5 heteroatoms. The van der Waals surface area contributed by atoms with Crippen LogP contribution in [0.5, 0.6) is 5.75 Å². The van der Waals surface area contributed by atoms with Gasteiger partial charge >= 0.3 is 0 Å². The van der Waals surface area contributed by atoms with Crippen LogP contribution >= 0.6 is 0 Å². The summed E-state index contributed by atoms with van der Waals surface area (Å²) in [4.78, 5) is 0. The van der Waals surface area contributed by atoms with E-state index in [9.17, 15) is 0 Å². The number of nitrogens with zero attached hydrogens (tertiary/aromatic N) is 2. The number of nitrogens with two attached hydrogens (primary N) is 1. The number of hydrogen-bond acceptors (Lipinski definition) is 5. The van der Waals surface area contributed by atoms with Crippen LogP contribution in [-0.2, 0) is 6.42 Å². The van der Waals surface area contributed by atoms with Crippen LogP contribution in [0.3, 0.4) is 0 Å². The van der Waals surface area contributed by atoms with Gasteiger partial charge in [0.1, 0.15) is 11.4 Å². The summed E-state index contributed by atoms with van der Waals surface area (Å²) in [7, 11) is 0. The maximum Gasteiger partial charge on any atom is 0.191 e. The highest BCUT2D eigenvalue weighted by atomic mass is 16.6. The first-order chi connectivity index (χ1) is 8.25. The van der Waals surface area contributed by atoms with Crippen molar-refractivity contribution in [3.8, 4) is 5.75 Å². The molecule has 0 aliphatic rings. The fraction of sp³-hybridized carbons (Fsp3) is 0.333. The van der Waals surface area contributed by atoms with Crippen LogP contribution in [-0.4, -0.2) is 16.9 Å². The van der Waals surface area contributed by atoms with Gasteiger partial charge in [-0.15, -0.1) is 0 Å². The Balaban J connectivity index is 1.75. The molecule has 0 aliphatic heterocycles. The maximum atomic E-state index is 5.61. The number of nitrogen functional groups attached to an aromatic ring is 1. The molecule has 5 nitrogen and oxygen atoms in total. The van der Waals surface area contributed by atoms with E-state index in [2.05, 4.69) is 14.9 Å². The molecule has 0 unspecified atom stereocenters. The monoisotopic (exact) mass is 233 g/mol. The molecule has 0 saturated carbocycles. The van der Waals surface area contributed by atoms with E-state index in [0.717, 1.165) is 12.2 Å². The van der Waals surface area contributed by atoms with Crippen molar-refractivity contribution in [1.82, 2.24) is 10.3 Å². The van der Waals surface area contributed by atoms with E-state index in [0.29, 0.717) is 24.5 Å². The fourth-order valence-corrected chi connectivity index (χ4v) is 1.52. The molecule has 0 spiro atoms. The summed E-state index contributed by atoms with van der Waals surface area (Å²) in [5.74, 6) is 1.25. The summed E-state index contributed by atoms with van der Waals surface area (Å²) < 4.78 is 10.1. The summed E-state index contributed by atoms with van der Waals surface area (Å²) >= 11 is 0.